The second kappa shape index (κ2) is 3.57. The van der Waals surface area contributed by atoms with Gasteiger partial charge in [0.1, 0.15) is 5.82 Å². The van der Waals surface area contributed by atoms with Crippen molar-refractivity contribution in [3.8, 4) is 0 Å². The molecule has 1 aromatic heterocycles. The Morgan fingerprint density at radius 3 is 2.72 bits per heavy atom. The number of carboxylic acids is 1. The number of aromatic carboxylic acids is 1. The molecule has 0 aliphatic rings. The second-order valence-corrected chi connectivity index (χ2v) is 4.31. The Morgan fingerprint density at radius 2 is 2.00 bits per heavy atom. The number of nitrogens with one attached hydrogen (secondary N) is 1. The van der Waals surface area contributed by atoms with E-state index in [0.717, 1.165) is 10.9 Å². The molecule has 18 heavy (non-hydrogen) atoms. The fraction of sp³-hybridized carbons (Fsp3) is 0.0714. The number of fused-ring (bicyclic) bond motifs is 3. The van der Waals surface area contributed by atoms with E-state index in [2.05, 4.69) is 4.98 Å². The van der Waals surface area contributed by atoms with Crippen molar-refractivity contribution in [2.24, 2.45) is 0 Å². The average Bonchev–Trinajstić information content (AvgIpc) is 2.68. The molecule has 0 saturated carbocycles. The van der Waals surface area contributed by atoms with Crippen LogP contribution in [0.4, 0.5) is 4.39 Å². The molecule has 0 radical (unpaired) electrons. The first-order chi connectivity index (χ1) is 8.58. The van der Waals surface area contributed by atoms with E-state index in [-0.39, 0.29) is 11.4 Å². The van der Waals surface area contributed by atoms with Gasteiger partial charge in [0.2, 0.25) is 0 Å². The molecule has 3 aromatic rings. The number of halogens is 1. The normalized spacial score (nSPS) is 11.2. The SMILES string of the molecule is Cc1cc(C(=O)O)cc2[nH]c3cccc(F)c3c12. The topological polar surface area (TPSA) is 53.1 Å². The molecule has 0 fully saturated rings. The molecule has 0 atom stereocenters. The standard InChI is InChI=1S/C14H10FNO2/c1-7-5-8(14(17)18)6-11-12(7)13-9(15)3-2-4-10(13)16-11/h2-6,16H,1H3,(H,17,18). The van der Waals surface area contributed by atoms with E-state index in [1.54, 1.807) is 25.1 Å². The molecule has 3 nitrogen and oxygen atoms in total. The number of aromatic nitrogens is 1. The van der Waals surface area contributed by atoms with Gasteiger partial charge in [-0.1, -0.05) is 6.07 Å². The second-order valence-electron chi connectivity index (χ2n) is 4.31. The maximum absolute atomic E-state index is 13.9. The van der Waals surface area contributed by atoms with Crippen LogP contribution in [0.3, 0.4) is 0 Å². The lowest BCUT2D eigenvalue weighted by atomic mass is 10.0. The molecule has 0 unspecified atom stereocenters. The number of carboxylic acid groups (broad SMARTS) is 1. The van der Waals surface area contributed by atoms with Crippen molar-refractivity contribution in [1.29, 1.82) is 0 Å². The first-order valence-corrected chi connectivity index (χ1v) is 5.52. The number of H-pyrrole nitrogens is 1. The molecule has 3 rings (SSSR count). The Kier molecular flexibility index (Phi) is 2.13. The third-order valence-corrected chi connectivity index (χ3v) is 3.12. The Morgan fingerprint density at radius 1 is 1.22 bits per heavy atom. The van der Waals surface area contributed by atoms with E-state index < -0.39 is 5.97 Å². The van der Waals surface area contributed by atoms with Crippen LogP contribution >= 0.6 is 0 Å². The van der Waals surface area contributed by atoms with Gasteiger partial charge in [-0.15, -0.1) is 0 Å². The van der Waals surface area contributed by atoms with Gasteiger partial charge in [-0.3, -0.25) is 0 Å². The lowest BCUT2D eigenvalue weighted by molar-refractivity contribution is 0.0697. The molecule has 0 aliphatic heterocycles. The minimum Gasteiger partial charge on any atom is -0.478 e. The Balaban J connectivity index is 2.52. The van der Waals surface area contributed by atoms with Gasteiger partial charge >= 0.3 is 5.97 Å². The van der Waals surface area contributed by atoms with Crippen molar-refractivity contribution in [3.05, 3.63) is 47.3 Å². The number of carbonyl (C=O) groups is 1. The van der Waals surface area contributed by atoms with Gasteiger partial charge in [0.25, 0.3) is 0 Å². The van der Waals surface area contributed by atoms with Crippen molar-refractivity contribution in [2.75, 3.05) is 0 Å². The third-order valence-electron chi connectivity index (χ3n) is 3.12. The average molecular weight is 243 g/mol. The van der Waals surface area contributed by atoms with Crippen LogP contribution in [0.1, 0.15) is 15.9 Å². The largest absolute Gasteiger partial charge is 0.478 e. The van der Waals surface area contributed by atoms with Gasteiger partial charge in [-0.2, -0.15) is 0 Å². The lowest BCUT2D eigenvalue weighted by Crippen LogP contribution is -1.96. The molecule has 2 aromatic carbocycles. The fourth-order valence-corrected chi connectivity index (χ4v) is 2.37. The van der Waals surface area contributed by atoms with E-state index in [0.29, 0.717) is 16.4 Å². The molecule has 90 valence electrons. The highest BCUT2D eigenvalue weighted by molar-refractivity contribution is 6.10. The van der Waals surface area contributed by atoms with Gasteiger partial charge in [0.15, 0.2) is 0 Å². The quantitative estimate of drug-likeness (QED) is 0.687. The highest BCUT2D eigenvalue weighted by Gasteiger charge is 2.13. The number of aromatic amines is 1. The van der Waals surface area contributed by atoms with Crippen LogP contribution in [-0.4, -0.2) is 16.1 Å². The van der Waals surface area contributed by atoms with Crippen molar-refractivity contribution in [2.45, 2.75) is 6.92 Å². The molecule has 1 heterocycles. The molecule has 0 bridgehead atoms. The first kappa shape index (κ1) is 10.8. The number of hydrogen-bond acceptors (Lipinski definition) is 1. The summed E-state index contributed by atoms with van der Waals surface area (Å²) in [5.41, 5.74) is 2.27. The van der Waals surface area contributed by atoms with Gasteiger partial charge in [0.05, 0.1) is 5.56 Å². The molecule has 0 spiro atoms. The molecule has 4 heteroatoms. The van der Waals surface area contributed by atoms with Crippen LogP contribution in [-0.2, 0) is 0 Å². The molecule has 0 aliphatic carbocycles. The van der Waals surface area contributed by atoms with Crippen molar-refractivity contribution < 1.29 is 14.3 Å². The maximum atomic E-state index is 13.9. The first-order valence-electron chi connectivity index (χ1n) is 5.52. The highest BCUT2D eigenvalue weighted by Crippen LogP contribution is 2.31. The molecule has 0 saturated heterocycles. The summed E-state index contributed by atoms with van der Waals surface area (Å²) in [6.45, 7) is 1.79. The minimum absolute atomic E-state index is 0.201. The third kappa shape index (κ3) is 1.39. The van der Waals surface area contributed by atoms with Crippen LogP contribution in [0.2, 0.25) is 0 Å². The highest BCUT2D eigenvalue weighted by atomic mass is 19.1. The summed E-state index contributed by atoms with van der Waals surface area (Å²) in [6.07, 6.45) is 0. The number of benzene rings is 2. The number of rotatable bonds is 1. The van der Waals surface area contributed by atoms with Gasteiger partial charge in [-0.25, -0.2) is 9.18 Å². The summed E-state index contributed by atoms with van der Waals surface area (Å²) in [4.78, 5) is 14.0. The summed E-state index contributed by atoms with van der Waals surface area (Å²) in [7, 11) is 0. The molecule has 2 N–H and O–H groups in total. The van der Waals surface area contributed by atoms with Crippen molar-refractivity contribution in [1.82, 2.24) is 4.98 Å². The Hall–Kier alpha value is -2.36. The van der Waals surface area contributed by atoms with Crippen LogP contribution in [0.15, 0.2) is 30.3 Å². The number of aryl methyl sites for hydroxylation is 1. The van der Waals surface area contributed by atoms with Crippen molar-refractivity contribution in [3.63, 3.8) is 0 Å². The summed E-state index contributed by atoms with van der Waals surface area (Å²) in [5, 5.41) is 10.3. The summed E-state index contributed by atoms with van der Waals surface area (Å²) in [5.74, 6) is -1.29. The lowest BCUT2D eigenvalue weighted by Gasteiger charge is -2.00. The van der Waals surface area contributed by atoms with E-state index in [1.165, 1.54) is 12.1 Å². The van der Waals surface area contributed by atoms with Crippen LogP contribution < -0.4 is 0 Å². The predicted octanol–water partition coefficient (Wildman–Crippen LogP) is 3.47. The Labute approximate surface area is 102 Å². The summed E-state index contributed by atoms with van der Waals surface area (Å²) in [6, 6.07) is 7.90. The van der Waals surface area contributed by atoms with Crippen LogP contribution in [0.5, 0.6) is 0 Å². The minimum atomic E-state index is -0.987. The predicted molar refractivity (Wildman–Crippen MR) is 67.5 cm³/mol. The number of hydrogen-bond donors (Lipinski definition) is 2. The van der Waals surface area contributed by atoms with Gasteiger partial charge in [0, 0.05) is 21.8 Å². The van der Waals surface area contributed by atoms with Gasteiger partial charge < -0.3 is 10.1 Å². The van der Waals surface area contributed by atoms with E-state index in [4.69, 9.17) is 5.11 Å². The molecular formula is C14H10FNO2. The monoisotopic (exact) mass is 243 g/mol. The summed E-state index contributed by atoms with van der Waals surface area (Å²) < 4.78 is 13.9. The van der Waals surface area contributed by atoms with Crippen LogP contribution in [0.25, 0.3) is 21.8 Å². The summed E-state index contributed by atoms with van der Waals surface area (Å²) >= 11 is 0. The zero-order chi connectivity index (χ0) is 12.9. The van der Waals surface area contributed by atoms with E-state index in [1.807, 2.05) is 0 Å². The van der Waals surface area contributed by atoms with E-state index in [9.17, 15) is 9.18 Å². The van der Waals surface area contributed by atoms with Gasteiger partial charge in [-0.05, 0) is 36.8 Å². The maximum Gasteiger partial charge on any atom is 0.335 e. The molecule has 0 amide bonds. The zero-order valence-corrected chi connectivity index (χ0v) is 9.62. The van der Waals surface area contributed by atoms with Crippen LogP contribution in [0, 0.1) is 12.7 Å². The smallest absolute Gasteiger partial charge is 0.335 e. The fourth-order valence-electron chi connectivity index (χ4n) is 2.37. The van der Waals surface area contributed by atoms with Crippen molar-refractivity contribution >= 4 is 27.8 Å². The van der Waals surface area contributed by atoms with E-state index >= 15 is 0 Å². The zero-order valence-electron chi connectivity index (χ0n) is 9.62. The Bertz CT molecular complexity index is 789. The molecular weight excluding hydrogens is 233 g/mol.